The Kier molecular flexibility index (Phi) is 8.41. The Morgan fingerprint density at radius 2 is 1.77 bits per heavy atom. The molecule has 0 aliphatic carbocycles. The quantitative estimate of drug-likeness (QED) is 0.409. The molecule has 2 aromatic carbocycles. The molecule has 12 heteroatoms. The molecule has 3 unspecified atom stereocenters. The van der Waals surface area contributed by atoms with Gasteiger partial charge >= 0.3 is 5.12 Å². The van der Waals surface area contributed by atoms with E-state index in [1.807, 2.05) is 12.1 Å². The van der Waals surface area contributed by atoms with Gasteiger partial charge in [-0.15, -0.1) is 0 Å². The molecular weight excluding hydrogens is 584 g/mol. The van der Waals surface area contributed by atoms with Gasteiger partial charge in [-0.3, -0.25) is 24.2 Å². The van der Waals surface area contributed by atoms with Crippen molar-refractivity contribution in [2.24, 2.45) is 0 Å². The summed E-state index contributed by atoms with van der Waals surface area (Å²) in [6.45, 7) is 5.67. The number of carbonyl (C=O) groups is 4. The van der Waals surface area contributed by atoms with E-state index in [2.05, 4.69) is 31.1 Å². The third-order valence-electron chi connectivity index (χ3n) is 8.04. The molecule has 2 aliphatic heterocycles. The number of ketones is 1. The molecule has 0 bridgehead atoms. The SMILES string of the molecule is CC(C)(C)c1ccc(C(=O)NC(Cc2cccc(O)c2)C(=O)N2CCC3C2C(=O)CN3S(=O)(=O)C(=O)c2ccccn2)cc1. The summed E-state index contributed by atoms with van der Waals surface area (Å²) in [5.41, 5.74) is 1.56. The van der Waals surface area contributed by atoms with Gasteiger partial charge in [-0.25, -0.2) is 8.42 Å². The molecule has 2 N–H and O–H groups in total. The normalized spacial score (nSPS) is 19.4. The topological polar surface area (TPSA) is 154 Å². The third kappa shape index (κ3) is 6.13. The number of fused-ring (bicyclic) bond motifs is 1. The summed E-state index contributed by atoms with van der Waals surface area (Å²) in [5, 5.41) is 11.6. The van der Waals surface area contributed by atoms with Gasteiger partial charge in [-0.1, -0.05) is 51.1 Å². The molecule has 2 saturated heterocycles. The Labute approximate surface area is 255 Å². The highest BCUT2D eigenvalue weighted by Crippen LogP contribution is 2.33. The largest absolute Gasteiger partial charge is 0.508 e. The molecule has 44 heavy (non-hydrogen) atoms. The lowest BCUT2D eigenvalue weighted by molar-refractivity contribution is -0.138. The molecule has 1 aromatic heterocycles. The summed E-state index contributed by atoms with van der Waals surface area (Å²) < 4.78 is 27.5. The van der Waals surface area contributed by atoms with Crippen LogP contribution in [0.5, 0.6) is 5.75 Å². The molecule has 5 rings (SSSR count). The number of aromatic nitrogens is 1. The molecular formula is C32H34N4O7S. The van der Waals surface area contributed by atoms with E-state index in [0.717, 1.165) is 9.87 Å². The van der Waals surface area contributed by atoms with Gasteiger partial charge < -0.3 is 15.3 Å². The summed E-state index contributed by atoms with van der Waals surface area (Å²) in [6.07, 6.45) is 1.45. The zero-order valence-corrected chi connectivity index (χ0v) is 25.5. The number of phenolic OH excluding ortho intramolecular Hbond substituents is 1. The predicted octanol–water partition coefficient (Wildman–Crippen LogP) is 2.45. The van der Waals surface area contributed by atoms with Crippen molar-refractivity contribution in [3.8, 4) is 5.75 Å². The highest BCUT2D eigenvalue weighted by Gasteiger charge is 2.55. The van der Waals surface area contributed by atoms with E-state index >= 15 is 0 Å². The molecule has 2 fully saturated rings. The zero-order valence-electron chi connectivity index (χ0n) is 24.6. The number of hydrogen-bond donors (Lipinski definition) is 2. The lowest BCUT2D eigenvalue weighted by atomic mass is 9.86. The van der Waals surface area contributed by atoms with E-state index in [4.69, 9.17) is 0 Å². The van der Waals surface area contributed by atoms with Crippen molar-refractivity contribution in [1.82, 2.24) is 19.5 Å². The van der Waals surface area contributed by atoms with E-state index < -0.39 is 57.4 Å². The minimum Gasteiger partial charge on any atom is -0.508 e. The average molecular weight is 619 g/mol. The molecule has 2 amide bonds. The summed E-state index contributed by atoms with van der Waals surface area (Å²) in [5.74, 6) is -1.59. The number of hydrogen-bond acceptors (Lipinski definition) is 8. The number of nitrogens with zero attached hydrogens (tertiary/aromatic N) is 3. The fourth-order valence-electron chi connectivity index (χ4n) is 5.75. The number of pyridine rings is 1. The van der Waals surface area contributed by atoms with Gasteiger partial charge in [0.2, 0.25) is 5.91 Å². The van der Waals surface area contributed by atoms with Crippen molar-refractivity contribution >= 4 is 32.7 Å². The lowest BCUT2D eigenvalue weighted by Gasteiger charge is -2.28. The van der Waals surface area contributed by atoms with Crippen LogP contribution in [0.1, 0.15) is 59.2 Å². The maximum atomic E-state index is 14.0. The van der Waals surface area contributed by atoms with E-state index in [-0.39, 0.29) is 36.2 Å². The van der Waals surface area contributed by atoms with Crippen LogP contribution in [0.2, 0.25) is 0 Å². The monoisotopic (exact) mass is 618 g/mol. The van der Waals surface area contributed by atoms with Crippen molar-refractivity contribution in [1.29, 1.82) is 0 Å². The van der Waals surface area contributed by atoms with Crippen LogP contribution in [0.4, 0.5) is 0 Å². The summed E-state index contributed by atoms with van der Waals surface area (Å²) >= 11 is 0. The van der Waals surface area contributed by atoms with Gasteiger partial charge in [0.05, 0.1) is 12.6 Å². The zero-order chi connectivity index (χ0) is 31.8. The number of phenols is 1. The Hall–Kier alpha value is -4.42. The van der Waals surface area contributed by atoms with Gasteiger partial charge in [-0.05, 0) is 59.4 Å². The molecule has 3 atom stereocenters. The molecule has 0 spiro atoms. The van der Waals surface area contributed by atoms with E-state index in [9.17, 15) is 32.7 Å². The van der Waals surface area contributed by atoms with Crippen LogP contribution in [0, 0.1) is 0 Å². The number of benzene rings is 2. The van der Waals surface area contributed by atoms with Crippen LogP contribution in [0.3, 0.4) is 0 Å². The first-order valence-electron chi connectivity index (χ1n) is 14.3. The molecule has 3 aromatic rings. The minimum absolute atomic E-state index is 0.0107. The van der Waals surface area contributed by atoms with Gasteiger partial charge in [0, 0.05) is 24.7 Å². The number of rotatable bonds is 7. The Balaban J connectivity index is 1.39. The van der Waals surface area contributed by atoms with Crippen molar-refractivity contribution in [3.63, 3.8) is 0 Å². The number of sulfonamides is 1. The van der Waals surface area contributed by atoms with Crippen molar-refractivity contribution < 1.29 is 32.7 Å². The fourth-order valence-corrected chi connectivity index (χ4v) is 7.22. The van der Waals surface area contributed by atoms with Gasteiger partial charge in [0.25, 0.3) is 15.9 Å². The van der Waals surface area contributed by atoms with Gasteiger partial charge in [0.1, 0.15) is 23.5 Å². The van der Waals surface area contributed by atoms with Crippen molar-refractivity contribution in [3.05, 3.63) is 95.3 Å². The highest BCUT2D eigenvalue weighted by molar-refractivity contribution is 8.04. The van der Waals surface area contributed by atoms with Crippen LogP contribution in [0.15, 0.2) is 72.9 Å². The van der Waals surface area contributed by atoms with Crippen LogP contribution < -0.4 is 5.32 Å². The lowest BCUT2D eigenvalue weighted by Crippen LogP contribution is -2.53. The third-order valence-corrected chi connectivity index (χ3v) is 9.74. The first kappa shape index (κ1) is 31.0. The first-order valence-corrected chi connectivity index (χ1v) is 15.7. The highest BCUT2D eigenvalue weighted by atomic mass is 32.2. The Morgan fingerprint density at radius 1 is 1.05 bits per heavy atom. The fraction of sp³-hybridized carbons (Fsp3) is 0.344. The number of likely N-dealkylation sites (tertiary alicyclic amines) is 1. The van der Waals surface area contributed by atoms with Crippen LogP contribution in [-0.4, -0.2) is 81.6 Å². The maximum absolute atomic E-state index is 14.0. The number of carbonyl (C=O) groups excluding carboxylic acids is 4. The van der Waals surface area contributed by atoms with E-state index in [1.54, 1.807) is 30.3 Å². The number of nitrogens with one attached hydrogen (secondary N) is 1. The summed E-state index contributed by atoms with van der Waals surface area (Å²) in [7, 11) is -4.60. The number of amides is 2. The van der Waals surface area contributed by atoms with Gasteiger partial charge in [-0.2, -0.15) is 4.31 Å². The van der Waals surface area contributed by atoms with E-state index in [0.29, 0.717) is 11.1 Å². The maximum Gasteiger partial charge on any atom is 0.310 e. The average Bonchev–Trinajstić information content (AvgIpc) is 3.57. The van der Waals surface area contributed by atoms with Crippen LogP contribution >= 0.6 is 0 Å². The van der Waals surface area contributed by atoms with Gasteiger partial charge in [0.15, 0.2) is 5.78 Å². The molecule has 230 valence electrons. The number of Topliss-reactive ketones (excluding diaryl/α,β-unsaturated/α-hetero) is 1. The second-order valence-electron chi connectivity index (χ2n) is 12.1. The molecule has 0 radical (unpaired) electrons. The number of aromatic hydroxyl groups is 1. The Bertz CT molecular complexity index is 1700. The summed E-state index contributed by atoms with van der Waals surface area (Å²) in [4.78, 5) is 58.6. The van der Waals surface area contributed by atoms with Crippen molar-refractivity contribution in [2.45, 2.75) is 57.2 Å². The molecule has 0 saturated carbocycles. The first-order chi connectivity index (χ1) is 20.8. The van der Waals surface area contributed by atoms with Crippen LogP contribution in [0.25, 0.3) is 0 Å². The molecule has 11 nitrogen and oxygen atoms in total. The smallest absolute Gasteiger partial charge is 0.310 e. The minimum atomic E-state index is -4.60. The second kappa shape index (κ2) is 11.9. The summed E-state index contributed by atoms with van der Waals surface area (Å²) in [6, 6.07) is 14.5. The molecule has 3 heterocycles. The Morgan fingerprint density at radius 3 is 2.41 bits per heavy atom. The predicted molar refractivity (Wildman–Crippen MR) is 161 cm³/mol. The van der Waals surface area contributed by atoms with E-state index in [1.165, 1.54) is 35.4 Å². The molecule has 2 aliphatic rings. The second-order valence-corrected chi connectivity index (χ2v) is 13.9. The van der Waals surface area contributed by atoms with Crippen LogP contribution in [-0.2, 0) is 31.4 Å². The van der Waals surface area contributed by atoms with Crippen molar-refractivity contribution in [2.75, 3.05) is 13.1 Å². The standard InChI is InChI=1S/C32H34N4O7S/c1-32(2,3)22-12-10-21(11-13-22)29(39)34-25(18-20-7-6-8-23(37)17-20)30(40)35-16-14-26-28(35)27(38)19-36(26)44(42,43)31(41)24-9-4-5-15-33-24/h4-13,15,17,25-26,28,37H,14,16,18-19H2,1-3H3,(H,34,39).